The normalized spacial score (nSPS) is 10.7. The zero-order valence-electron chi connectivity index (χ0n) is 10.9. The van der Waals surface area contributed by atoms with Gasteiger partial charge >= 0.3 is 0 Å². The molecule has 0 fully saturated rings. The van der Waals surface area contributed by atoms with Crippen molar-refractivity contribution in [2.45, 2.75) is 6.92 Å². The van der Waals surface area contributed by atoms with Crippen LogP contribution in [0.1, 0.15) is 5.56 Å². The number of nitrogens with zero attached hydrogens (tertiary/aromatic N) is 2. The number of halogens is 1. The first kappa shape index (κ1) is 12.3. The van der Waals surface area contributed by atoms with Crippen molar-refractivity contribution in [3.8, 4) is 0 Å². The number of aromatic nitrogens is 2. The quantitative estimate of drug-likeness (QED) is 0.747. The Hall–Kier alpha value is -2.69. The third kappa shape index (κ3) is 2.25. The molecule has 0 saturated heterocycles. The van der Waals surface area contributed by atoms with Crippen molar-refractivity contribution in [1.82, 2.24) is 9.97 Å². The fraction of sp³-hybridized carbons (Fsp3) is 0.0667. The molecule has 2 aromatic carbocycles. The van der Waals surface area contributed by atoms with Crippen LogP contribution in [0.3, 0.4) is 0 Å². The number of hydrogen-bond donors (Lipinski definition) is 2. The van der Waals surface area contributed by atoms with Gasteiger partial charge in [0, 0.05) is 0 Å². The van der Waals surface area contributed by atoms with Crippen molar-refractivity contribution in [3.05, 3.63) is 53.8 Å². The molecule has 0 unspecified atom stereocenters. The van der Waals surface area contributed by atoms with Gasteiger partial charge in [-0.15, -0.1) is 0 Å². The third-order valence-electron chi connectivity index (χ3n) is 2.97. The summed E-state index contributed by atoms with van der Waals surface area (Å²) in [6.45, 7) is 1.89. The van der Waals surface area contributed by atoms with Gasteiger partial charge in [-0.25, -0.2) is 14.4 Å². The van der Waals surface area contributed by atoms with Gasteiger partial charge in [-0.2, -0.15) is 0 Å². The van der Waals surface area contributed by atoms with Crippen molar-refractivity contribution in [2.75, 3.05) is 11.1 Å². The lowest BCUT2D eigenvalue weighted by Gasteiger charge is -2.10. The minimum absolute atomic E-state index is 0.240. The summed E-state index contributed by atoms with van der Waals surface area (Å²) in [5.74, 6) is 0.239. The van der Waals surface area contributed by atoms with E-state index in [0.29, 0.717) is 22.5 Å². The monoisotopic (exact) mass is 268 g/mol. The minimum atomic E-state index is -0.357. The first-order valence-corrected chi connectivity index (χ1v) is 6.19. The van der Waals surface area contributed by atoms with E-state index < -0.39 is 0 Å². The maximum Gasteiger partial charge on any atom is 0.174 e. The lowest BCUT2D eigenvalue weighted by Crippen LogP contribution is -2.03. The molecule has 0 aliphatic rings. The fourth-order valence-electron chi connectivity index (χ4n) is 1.97. The average molecular weight is 268 g/mol. The van der Waals surface area contributed by atoms with E-state index >= 15 is 0 Å². The van der Waals surface area contributed by atoms with Gasteiger partial charge in [0.05, 0.1) is 16.7 Å². The lowest BCUT2D eigenvalue weighted by atomic mass is 10.2. The summed E-state index contributed by atoms with van der Waals surface area (Å²) in [6.07, 6.45) is 0. The van der Waals surface area contributed by atoms with Gasteiger partial charge in [0.1, 0.15) is 5.82 Å². The van der Waals surface area contributed by atoms with Gasteiger partial charge in [-0.3, -0.25) is 0 Å². The highest BCUT2D eigenvalue weighted by atomic mass is 19.1. The highest BCUT2D eigenvalue weighted by Gasteiger charge is 2.09. The number of nitrogen functional groups attached to an aromatic ring is 1. The molecule has 1 aromatic heterocycles. The van der Waals surface area contributed by atoms with Crippen molar-refractivity contribution in [1.29, 1.82) is 0 Å². The zero-order valence-corrected chi connectivity index (χ0v) is 10.9. The van der Waals surface area contributed by atoms with E-state index in [2.05, 4.69) is 15.3 Å². The lowest BCUT2D eigenvalue weighted by molar-refractivity contribution is 0.631. The third-order valence-corrected chi connectivity index (χ3v) is 2.97. The maximum absolute atomic E-state index is 13.7. The largest absolute Gasteiger partial charge is 0.381 e. The van der Waals surface area contributed by atoms with Crippen molar-refractivity contribution in [3.63, 3.8) is 0 Å². The molecule has 0 amide bonds. The van der Waals surface area contributed by atoms with Crippen LogP contribution in [0, 0.1) is 12.7 Å². The second-order valence-electron chi connectivity index (χ2n) is 4.55. The molecule has 0 aliphatic heterocycles. The van der Waals surface area contributed by atoms with E-state index in [1.807, 2.05) is 31.2 Å². The van der Waals surface area contributed by atoms with E-state index in [1.165, 1.54) is 6.07 Å². The average Bonchev–Trinajstić information content (AvgIpc) is 2.43. The number of rotatable bonds is 2. The molecule has 1 heterocycles. The number of benzene rings is 2. The highest BCUT2D eigenvalue weighted by molar-refractivity contribution is 5.81. The predicted octanol–water partition coefficient (Wildman–Crippen LogP) is 3.40. The molecule has 5 heteroatoms. The van der Waals surface area contributed by atoms with Gasteiger partial charge in [0.25, 0.3) is 0 Å². The summed E-state index contributed by atoms with van der Waals surface area (Å²) in [6, 6.07) is 12.2. The summed E-state index contributed by atoms with van der Waals surface area (Å²) < 4.78 is 13.7. The molecule has 0 spiro atoms. The van der Waals surface area contributed by atoms with Gasteiger partial charge in [0.2, 0.25) is 0 Å². The summed E-state index contributed by atoms with van der Waals surface area (Å²) in [5, 5.41) is 2.90. The Morgan fingerprint density at radius 2 is 1.75 bits per heavy atom. The molecule has 0 radical (unpaired) electrons. The second kappa shape index (κ2) is 4.77. The molecular weight excluding hydrogens is 255 g/mol. The van der Waals surface area contributed by atoms with Gasteiger partial charge < -0.3 is 11.1 Å². The maximum atomic E-state index is 13.7. The van der Waals surface area contributed by atoms with Crippen LogP contribution >= 0.6 is 0 Å². The van der Waals surface area contributed by atoms with Crippen LogP contribution in [0.15, 0.2) is 42.5 Å². The van der Waals surface area contributed by atoms with Crippen LogP contribution in [0.2, 0.25) is 0 Å². The number of hydrogen-bond acceptors (Lipinski definition) is 4. The Labute approximate surface area is 115 Å². The molecule has 0 saturated carbocycles. The Kier molecular flexibility index (Phi) is 2.95. The molecule has 0 aliphatic carbocycles. The van der Waals surface area contributed by atoms with Crippen molar-refractivity contribution in [2.24, 2.45) is 0 Å². The topological polar surface area (TPSA) is 63.8 Å². The SMILES string of the molecule is Cc1ccc(F)c(Nc2nc3ccccc3nc2N)c1. The van der Waals surface area contributed by atoms with E-state index in [1.54, 1.807) is 12.1 Å². The Bertz CT molecular complexity index is 786. The van der Waals surface area contributed by atoms with E-state index in [4.69, 9.17) is 5.73 Å². The molecule has 20 heavy (non-hydrogen) atoms. The van der Waals surface area contributed by atoms with Crippen molar-refractivity contribution < 1.29 is 4.39 Å². The summed E-state index contributed by atoms with van der Waals surface area (Å²) >= 11 is 0. The number of para-hydroxylation sites is 2. The molecule has 4 nitrogen and oxygen atoms in total. The van der Waals surface area contributed by atoms with Crippen LogP contribution in [0.5, 0.6) is 0 Å². The number of fused-ring (bicyclic) bond motifs is 1. The van der Waals surface area contributed by atoms with Crippen LogP contribution in [0.4, 0.5) is 21.7 Å². The standard InChI is InChI=1S/C15H13FN4/c1-9-6-7-10(16)13(8-9)20-15-14(17)18-11-4-2-3-5-12(11)19-15/h2-8H,1H3,(H2,17,18)(H,19,20). The molecule has 3 N–H and O–H groups in total. The van der Waals surface area contributed by atoms with Crippen molar-refractivity contribution >= 4 is 28.4 Å². The molecule has 0 bridgehead atoms. The second-order valence-corrected chi connectivity index (χ2v) is 4.55. The number of anilines is 3. The first-order chi connectivity index (χ1) is 9.63. The van der Waals surface area contributed by atoms with E-state index in [-0.39, 0.29) is 11.6 Å². The van der Waals surface area contributed by atoms with E-state index in [9.17, 15) is 4.39 Å². The molecule has 100 valence electrons. The number of aryl methyl sites for hydroxylation is 1. The molecular formula is C15H13FN4. The van der Waals surface area contributed by atoms with Crippen LogP contribution < -0.4 is 11.1 Å². The molecule has 3 aromatic rings. The Morgan fingerprint density at radius 1 is 1.05 bits per heavy atom. The first-order valence-electron chi connectivity index (χ1n) is 6.19. The fourth-order valence-corrected chi connectivity index (χ4v) is 1.97. The number of nitrogens with one attached hydrogen (secondary N) is 1. The number of nitrogens with two attached hydrogens (primary N) is 1. The van der Waals surface area contributed by atoms with Gasteiger partial charge in [-0.1, -0.05) is 18.2 Å². The smallest absolute Gasteiger partial charge is 0.174 e. The minimum Gasteiger partial charge on any atom is -0.381 e. The Morgan fingerprint density at radius 3 is 2.50 bits per heavy atom. The van der Waals surface area contributed by atoms with Gasteiger partial charge in [-0.05, 0) is 36.8 Å². The Balaban J connectivity index is 2.06. The molecule has 0 atom stereocenters. The summed E-state index contributed by atoms with van der Waals surface area (Å²) in [5.41, 5.74) is 8.56. The van der Waals surface area contributed by atoms with Crippen LogP contribution in [0.25, 0.3) is 11.0 Å². The predicted molar refractivity (Wildman–Crippen MR) is 78.4 cm³/mol. The summed E-state index contributed by atoms with van der Waals surface area (Å²) in [4.78, 5) is 8.63. The molecule has 3 rings (SSSR count). The highest BCUT2D eigenvalue weighted by Crippen LogP contribution is 2.24. The van der Waals surface area contributed by atoms with E-state index in [0.717, 1.165) is 5.56 Å². The summed E-state index contributed by atoms with van der Waals surface area (Å²) in [7, 11) is 0. The van der Waals surface area contributed by atoms with Crippen LogP contribution in [-0.4, -0.2) is 9.97 Å². The van der Waals surface area contributed by atoms with Crippen LogP contribution in [-0.2, 0) is 0 Å². The zero-order chi connectivity index (χ0) is 14.1. The van der Waals surface area contributed by atoms with Gasteiger partial charge in [0.15, 0.2) is 11.6 Å².